The van der Waals surface area contributed by atoms with Gasteiger partial charge in [-0.3, -0.25) is 4.79 Å². The third-order valence-corrected chi connectivity index (χ3v) is 9.70. The van der Waals surface area contributed by atoms with Crippen molar-refractivity contribution in [2.24, 2.45) is 0 Å². The highest BCUT2D eigenvalue weighted by Crippen LogP contribution is 2.54. The molecule has 0 radical (unpaired) electrons. The van der Waals surface area contributed by atoms with Crippen LogP contribution in [0.15, 0.2) is 82.0 Å². The first-order valence-electron chi connectivity index (χ1n) is 14.8. The van der Waals surface area contributed by atoms with Crippen LogP contribution in [0.1, 0.15) is 54.7 Å². The summed E-state index contributed by atoms with van der Waals surface area (Å²) in [6.07, 6.45) is 2.59. The van der Waals surface area contributed by atoms with Crippen LogP contribution >= 0.6 is 0 Å². The normalized spacial score (nSPS) is 17.3. The van der Waals surface area contributed by atoms with Crippen LogP contribution in [-0.2, 0) is 15.6 Å². The number of anilines is 2. The minimum Gasteiger partial charge on any atom is -0.456 e. The SMILES string of the molecule is CCN(CC)c1ccc2c(c1)OC(c1cc3ccc(N(CC)CC)cc3oc1=O)=CC21c2ccccc2C(=O)N1S(C)(=O)=O. The maximum atomic E-state index is 13.8. The third kappa shape index (κ3) is 4.47. The van der Waals surface area contributed by atoms with Gasteiger partial charge >= 0.3 is 5.63 Å². The number of hydrogen-bond acceptors (Lipinski definition) is 8. The minimum atomic E-state index is -4.11. The molecule has 0 fully saturated rings. The Morgan fingerprint density at radius 1 is 0.773 bits per heavy atom. The van der Waals surface area contributed by atoms with Crippen molar-refractivity contribution in [1.82, 2.24) is 4.31 Å². The molecule has 10 heteroatoms. The molecule has 6 rings (SSSR count). The molecule has 0 saturated heterocycles. The summed E-state index contributed by atoms with van der Waals surface area (Å²) >= 11 is 0. The Bertz CT molecular complexity index is 1990. The Kier molecular flexibility index (Phi) is 7.28. The number of nitrogens with zero attached hydrogens (tertiary/aromatic N) is 3. The van der Waals surface area contributed by atoms with Gasteiger partial charge in [-0.25, -0.2) is 17.5 Å². The number of benzene rings is 3. The lowest BCUT2D eigenvalue weighted by Crippen LogP contribution is -2.48. The molecule has 1 unspecified atom stereocenters. The number of amides is 1. The van der Waals surface area contributed by atoms with Crippen molar-refractivity contribution in [1.29, 1.82) is 0 Å². The molecular weight excluding hydrogens is 578 g/mol. The second kappa shape index (κ2) is 10.9. The average Bonchev–Trinajstić information content (AvgIpc) is 3.26. The van der Waals surface area contributed by atoms with Crippen LogP contribution in [0.25, 0.3) is 16.7 Å². The first kappa shape index (κ1) is 29.5. The first-order chi connectivity index (χ1) is 21.1. The number of sulfonamides is 1. The van der Waals surface area contributed by atoms with E-state index in [-0.39, 0.29) is 16.9 Å². The predicted molar refractivity (Wildman–Crippen MR) is 173 cm³/mol. The van der Waals surface area contributed by atoms with Crippen molar-refractivity contribution >= 4 is 44.0 Å². The number of ether oxygens (including phenoxy) is 1. The van der Waals surface area contributed by atoms with Gasteiger partial charge in [0.05, 0.1) is 6.26 Å². The van der Waals surface area contributed by atoms with E-state index in [4.69, 9.17) is 9.15 Å². The van der Waals surface area contributed by atoms with Gasteiger partial charge in [0.2, 0.25) is 10.0 Å². The lowest BCUT2D eigenvalue weighted by Gasteiger charge is -2.40. The van der Waals surface area contributed by atoms with Crippen LogP contribution in [-0.4, -0.2) is 51.1 Å². The van der Waals surface area contributed by atoms with Crippen molar-refractivity contribution in [3.63, 3.8) is 0 Å². The first-order valence-corrected chi connectivity index (χ1v) is 16.7. The van der Waals surface area contributed by atoms with E-state index in [0.717, 1.165) is 48.1 Å². The lowest BCUT2D eigenvalue weighted by atomic mass is 9.80. The zero-order chi connectivity index (χ0) is 31.4. The number of rotatable bonds is 8. The summed E-state index contributed by atoms with van der Waals surface area (Å²) in [4.78, 5) is 31.7. The minimum absolute atomic E-state index is 0.107. The number of hydrogen-bond donors (Lipinski definition) is 0. The van der Waals surface area contributed by atoms with Crippen molar-refractivity contribution in [2.45, 2.75) is 33.2 Å². The molecule has 1 aromatic heterocycles. The number of fused-ring (bicyclic) bond motifs is 5. The van der Waals surface area contributed by atoms with E-state index in [2.05, 4.69) is 23.6 Å². The van der Waals surface area contributed by atoms with Crippen molar-refractivity contribution in [3.05, 3.63) is 105 Å². The Morgan fingerprint density at radius 3 is 2.07 bits per heavy atom. The second-order valence-electron chi connectivity index (χ2n) is 10.9. The molecule has 1 spiro atoms. The van der Waals surface area contributed by atoms with Crippen LogP contribution in [0.2, 0.25) is 0 Å². The van der Waals surface area contributed by atoms with Crippen molar-refractivity contribution in [3.8, 4) is 5.75 Å². The molecule has 4 aromatic rings. The summed E-state index contributed by atoms with van der Waals surface area (Å²) in [6, 6.07) is 19.8. The summed E-state index contributed by atoms with van der Waals surface area (Å²) in [7, 11) is -4.11. The van der Waals surface area contributed by atoms with Gasteiger partial charge in [-0.15, -0.1) is 0 Å². The Hall–Kier alpha value is -4.57. The fraction of sp³-hybridized carbons (Fsp3) is 0.294. The zero-order valence-electron chi connectivity index (χ0n) is 25.5. The van der Waals surface area contributed by atoms with E-state index in [1.807, 2.05) is 44.2 Å². The summed E-state index contributed by atoms with van der Waals surface area (Å²) in [5, 5.41) is 0.680. The quantitative estimate of drug-likeness (QED) is 0.238. The van der Waals surface area contributed by atoms with Gasteiger partial charge in [-0.2, -0.15) is 0 Å². The second-order valence-corrected chi connectivity index (χ2v) is 12.8. The zero-order valence-corrected chi connectivity index (χ0v) is 26.3. The van der Waals surface area contributed by atoms with Crippen LogP contribution < -0.4 is 20.2 Å². The molecule has 3 aromatic carbocycles. The number of carbonyl (C=O) groups excluding carboxylic acids is 1. The molecule has 228 valence electrons. The fourth-order valence-corrected chi connectivity index (χ4v) is 7.66. The Balaban J connectivity index is 1.63. The Morgan fingerprint density at radius 2 is 1.41 bits per heavy atom. The maximum absolute atomic E-state index is 13.8. The molecule has 3 heterocycles. The highest BCUT2D eigenvalue weighted by molar-refractivity contribution is 7.89. The largest absolute Gasteiger partial charge is 0.456 e. The smallest absolute Gasteiger partial charge is 0.347 e. The maximum Gasteiger partial charge on any atom is 0.347 e. The molecule has 0 bridgehead atoms. The summed E-state index contributed by atoms with van der Waals surface area (Å²) < 4.78 is 40.1. The van der Waals surface area contributed by atoms with Crippen molar-refractivity contribution in [2.75, 3.05) is 42.2 Å². The molecule has 9 nitrogen and oxygen atoms in total. The van der Waals surface area contributed by atoms with Crippen LogP contribution in [0.4, 0.5) is 11.4 Å². The molecule has 0 aliphatic carbocycles. The van der Waals surface area contributed by atoms with E-state index in [9.17, 15) is 18.0 Å². The predicted octanol–water partition coefficient (Wildman–Crippen LogP) is 5.58. The summed E-state index contributed by atoms with van der Waals surface area (Å²) in [6.45, 7) is 11.3. The van der Waals surface area contributed by atoms with Gasteiger partial charge < -0.3 is 19.0 Å². The third-order valence-electron chi connectivity index (χ3n) is 8.58. The Labute approximate surface area is 257 Å². The molecule has 0 N–H and O–H groups in total. The van der Waals surface area contributed by atoms with E-state index in [1.54, 1.807) is 42.5 Å². The molecule has 44 heavy (non-hydrogen) atoms. The molecule has 1 atom stereocenters. The summed E-state index contributed by atoms with van der Waals surface area (Å²) in [5.41, 5.74) is 1.37. The molecule has 1 amide bonds. The van der Waals surface area contributed by atoms with Gasteiger partial charge in [-0.05, 0) is 64.1 Å². The van der Waals surface area contributed by atoms with Crippen LogP contribution in [0.3, 0.4) is 0 Å². The van der Waals surface area contributed by atoms with Gasteiger partial charge in [0, 0.05) is 71.8 Å². The van der Waals surface area contributed by atoms with E-state index in [0.29, 0.717) is 27.8 Å². The van der Waals surface area contributed by atoms with E-state index >= 15 is 0 Å². The van der Waals surface area contributed by atoms with Gasteiger partial charge in [0.15, 0.2) is 0 Å². The van der Waals surface area contributed by atoms with E-state index in [1.165, 1.54) is 0 Å². The lowest BCUT2D eigenvalue weighted by molar-refractivity contribution is 0.0833. The number of carbonyl (C=O) groups is 1. The van der Waals surface area contributed by atoms with Crippen LogP contribution in [0, 0.1) is 0 Å². The molecule has 2 aliphatic rings. The van der Waals surface area contributed by atoms with E-state index < -0.39 is 27.1 Å². The van der Waals surface area contributed by atoms with Crippen molar-refractivity contribution < 1.29 is 22.4 Å². The fourth-order valence-electron chi connectivity index (χ4n) is 6.49. The standard InChI is InChI=1S/C34H35N3O6S/c1-6-35(7-2)23-15-14-22-18-26(33(39)43-29(22)19-23)31-21-34(28-17-16-24(20-30(28)42-31)36(8-3)9-4)27-13-11-10-12-25(27)32(38)37(34)44(5,40)41/h10-21H,6-9H2,1-5H3. The average molecular weight is 614 g/mol. The molecular formula is C34H35N3O6S. The topological polar surface area (TPSA) is 100 Å². The van der Waals surface area contributed by atoms with Gasteiger partial charge in [0.1, 0.15) is 28.2 Å². The highest BCUT2D eigenvalue weighted by atomic mass is 32.2. The monoisotopic (exact) mass is 613 g/mol. The molecule has 2 aliphatic heterocycles. The highest BCUT2D eigenvalue weighted by Gasteiger charge is 2.57. The van der Waals surface area contributed by atoms with Gasteiger partial charge in [-0.1, -0.05) is 24.3 Å². The summed E-state index contributed by atoms with van der Waals surface area (Å²) in [5.74, 6) is -0.189. The van der Waals surface area contributed by atoms with Gasteiger partial charge in [0.25, 0.3) is 5.91 Å². The molecule has 0 saturated carbocycles. The van der Waals surface area contributed by atoms with Crippen LogP contribution in [0.5, 0.6) is 5.75 Å².